The number of para-hydroxylation sites is 1. The van der Waals surface area contributed by atoms with Crippen molar-refractivity contribution in [3.8, 4) is 0 Å². The Hall–Kier alpha value is -1.97. The van der Waals surface area contributed by atoms with Gasteiger partial charge in [-0.05, 0) is 44.1 Å². The number of thiazole rings is 1. The lowest BCUT2D eigenvalue weighted by Crippen LogP contribution is -2.51. The Morgan fingerprint density at radius 1 is 1.44 bits per heavy atom. The minimum Gasteiger partial charge on any atom is -0.376 e. The summed E-state index contributed by atoms with van der Waals surface area (Å²) in [5.74, 6) is -0.222. The highest BCUT2D eigenvalue weighted by molar-refractivity contribution is 7.80. The maximum Gasteiger partial charge on any atom is 0.260 e. The molecule has 0 spiro atoms. The number of rotatable bonds is 5. The van der Waals surface area contributed by atoms with Crippen molar-refractivity contribution in [2.75, 3.05) is 18.5 Å². The first-order valence-electron chi connectivity index (χ1n) is 8.19. The highest BCUT2D eigenvalue weighted by Crippen LogP contribution is 2.25. The molecular formula is C16H21N5O2S2. The van der Waals surface area contributed by atoms with Crippen LogP contribution in [0.3, 0.4) is 0 Å². The van der Waals surface area contributed by atoms with Crippen molar-refractivity contribution in [1.29, 1.82) is 0 Å². The fourth-order valence-corrected chi connectivity index (χ4v) is 3.55. The zero-order valence-electron chi connectivity index (χ0n) is 13.9. The second-order valence-corrected chi connectivity index (χ2v) is 7.25. The smallest absolute Gasteiger partial charge is 0.260 e. The van der Waals surface area contributed by atoms with E-state index in [0.29, 0.717) is 16.8 Å². The van der Waals surface area contributed by atoms with Gasteiger partial charge in [0.15, 0.2) is 10.2 Å². The number of anilines is 1. The summed E-state index contributed by atoms with van der Waals surface area (Å²) >= 11 is 6.66. The fourth-order valence-electron chi connectivity index (χ4n) is 2.47. The summed E-state index contributed by atoms with van der Waals surface area (Å²) in [5.41, 5.74) is 6.22. The normalized spacial score (nSPS) is 17.9. The number of ether oxygens (including phenoxy) is 1. The van der Waals surface area contributed by atoms with E-state index in [0.717, 1.165) is 29.7 Å². The molecule has 25 heavy (non-hydrogen) atoms. The average Bonchev–Trinajstić information content (AvgIpc) is 3.26. The van der Waals surface area contributed by atoms with Crippen molar-refractivity contribution in [3.05, 3.63) is 24.3 Å². The monoisotopic (exact) mass is 379 g/mol. The lowest BCUT2D eigenvalue weighted by molar-refractivity contribution is -0.122. The van der Waals surface area contributed by atoms with E-state index < -0.39 is 6.04 Å². The zero-order chi connectivity index (χ0) is 17.6. The number of hydrogen-bond acceptors (Lipinski definition) is 6. The second kappa shape index (κ2) is 8.41. The van der Waals surface area contributed by atoms with Gasteiger partial charge in [-0.25, -0.2) is 4.98 Å². The number of carbonyl (C=O) groups is 1. The van der Waals surface area contributed by atoms with Gasteiger partial charge in [-0.1, -0.05) is 23.5 Å². The maximum absolute atomic E-state index is 12.2. The van der Waals surface area contributed by atoms with Crippen LogP contribution in [-0.4, -0.2) is 41.3 Å². The molecule has 1 aliphatic rings. The highest BCUT2D eigenvalue weighted by atomic mass is 32.1. The SMILES string of the molecule is C[C@@H](Nc1nc2ccccc2s1)C(=O)NNC(=S)NC[C@@H]1CCCO1. The Morgan fingerprint density at radius 2 is 2.28 bits per heavy atom. The van der Waals surface area contributed by atoms with Crippen LogP contribution in [0.4, 0.5) is 5.13 Å². The first-order chi connectivity index (χ1) is 12.1. The number of benzene rings is 1. The van der Waals surface area contributed by atoms with Crippen molar-refractivity contribution in [3.63, 3.8) is 0 Å². The lowest BCUT2D eigenvalue weighted by Gasteiger charge is -2.17. The summed E-state index contributed by atoms with van der Waals surface area (Å²) in [6.45, 7) is 3.21. The third-order valence-electron chi connectivity index (χ3n) is 3.84. The van der Waals surface area contributed by atoms with Crippen LogP contribution in [0.1, 0.15) is 19.8 Å². The Kier molecular flexibility index (Phi) is 6.00. The van der Waals surface area contributed by atoms with Crippen LogP contribution in [0.2, 0.25) is 0 Å². The Labute approximate surface area is 155 Å². The average molecular weight is 380 g/mol. The van der Waals surface area contributed by atoms with Gasteiger partial charge in [0.25, 0.3) is 5.91 Å². The fraction of sp³-hybridized carbons (Fsp3) is 0.438. The van der Waals surface area contributed by atoms with Crippen LogP contribution in [-0.2, 0) is 9.53 Å². The molecule has 7 nitrogen and oxygen atoms in total. The van der Waals surface area contributed by atoms with Gasteiger partial charge in [-0.2, -0.15) is 0 Å². The van der Waals surface area contributed by atoms with Crippen molar-refractivity contribution in [2.45, 2.75) is 31.9 Å². The number of thiocarbonyl (C=S) groups is 1. The van der Waals surface area contributed by atoms with E-state index in [1.54, 1.807) is 6.92 Å². The third-order valence-corrected chi connectivity index (χ3v) is 5.05. The van der Waals surface area contributed by atoms with Crippen LogP contribution >= 0.6 is 23.6 Å². The van der Waals surface area contributed by atoms with E-state index in [4.69, 9.17) is 17.0 Å². The molecule has 0 radical (unpaired) electrons. The van der Waals surface area contributed by atoms with Crippen LogP contribution in [0.25, 0.3) is 10.2 Å². The van der Waals surface area contributed by atoms with Crippen LogP contribution in [0.15, 0.2) is 24.3 Å². The van der Waals surface area contributed by atoms with E-state index in [1.165, 1.54) is 11.3 Å². The van der Waals surface area contributed by atoms with Crippen LogP contribution < -0.4 is 21.5 Å². The molecule has 0 bridgehead atoms. The molecule has 1 aromatic heterocycles. The molecule has 0 aliphatic carbocycles. The van der Waals surface area contributed by atoms with Crippen LogP contribution in [0.5, 0.6) is 0 Å². The summed E-state index contributed by atoms with van der Waals surface area (Å²) in [6.07, 6.45) is 2.30. The first kappa shape index (κ1) is 17.8. The number of carbonyl (C=O) groups excluding carboxylic acids is 1. The van der Waals surface area contributed by atoms with Gasteiger partial charge >= 0.3 is 0 Å². The maximum atomic E-state index is 12.2. The zero-order valence-corrected chi connectivity index (χ0v) is 15.5. The van der Waals surface area contributed by atoms with Crippen LogP contribution in [0, 0.1) is 0 Å². The molecule has 1 fully saturated rings. The van der Waals surface area contributed by atoms with E-state index >= 15 is 0 Å². The van der Waals surface area contributed by atoms with Crippen molar-refractivity contribution in [1.82, 2.24) is 21.2 Å². The molecule has 1 aliphatic heterocycles. The van der Waals surface area contributed by atoms with Gasteiger partial charge in [-0.3, -0.25) is 15.6 Å². The topological polar surface area (TPSA) is 87.3 Å². The molecular weight excluding hydrogens is 358 g/mol. The summed E-state index contributed by atoms with van der Waals surface area (Å²) in [7, 11) is 0. The van der Waals surface area contributed by atoms with Gasteiger partial charge in [-0.15, -0.1) is 0 Å². The van der Waals surface area contributed by atoms with Crippen molar-refractivity contribution < 1.29 is 9.53 Å². The lowest BCUT2D eigenvalue weighted by atomic mass is 10.2. The summed E-state index contributed by atoms with van der Waals surface area (Å²) < 4.78 is 6.58. The number of hydrogen-bond donors (Lipinski definition) is 4. The van der Waals surface area contributed by atoms with Gasteiger partial charge in [0.1, 0.15) is 6.04 Å². The summed E-state index contributed by atoms with van der Waals surface area (Å²) in [5, 5.41) is 7.22. The molecule has 3 rings (SSSR count). The van der Waals surface area contributed by atoms with Gasteiger partial charge in [0.05, 0.1) is 16.3 Å². The first-order valence-corrected chi connectivity index (χ1v) is 9.41. The molecule has 1 aromatic carbocycles. The standard InChI is InChI=1S/C16H21N5O2S2/c1-10(18-16-19-12-6-2-3-7-13(12)25-16)14(22)20-21-15(24)17-9-11-5-4-8-23-11/h2-3,6-7,10-11H,4-5,8-9H2,1H3,(H,18,19)(H,20,22)(H2,17,21,24)/t10-,11+/m1/s1. The molecule has 1 amide bonds. The number of hydrazine groups is 1. The number of fused-ring (bicyclic) bond motifs is 1. The van der Waals surface area contributed by atoms with Crippen molar-refractivity contribution in [2.24, 2.45) is 0 Å². The van der Waals surface area contributed by atoms with Crippen molar-refractivity contribution >= 4 is 49.9 Å². The van der Waals surface area contributed by atoms with E-state index in [1.807, 2.05) is 24.3 Å². The Balaban J connectivity index is 1.41. The predicted molar refractivity (Wildman–Crippen MR) is 104 cm³/mol. The predicted octanol–water partition coefficient (Wildman–Crippen LogP) is 1.77. The highest BCUT2D eigenvalue weighted by Gasteiger charge is 2.17. The van der Waals surface area contributed by atoms with E-state index in [-0.39, 0.29) is 12.0 Å². The van der Waals surface area contributed by atoms with Gasteiger partial charge in [0.2, 0.25) is 0 Å². The summed E-state index contributed by atoms with van der Waals surface area (Å²) in [6, 6.07) is 7.41. The molecule has 2 atom stereocenters. The number of nitrogens with one attached hydrogen (secondary N) is 4. The van der Waals surface area contributed by atoms with E-state index in [2.05, 4.69) is 26.5 Å². The molecule has 0 saturated carbocycles. The summed E-state index contributed by atoms with van der Waals surface area (Å²) in [4.78, 5) is 16.6. The van der Waals surface area contributed by atoms with Gasteiger partial charge in [0, 0.05) is 13.2 Å². The van der Waals surface area contributed by atoms with Gasteiger partial charge < -0.3 is 15.4 Å². The quantitative estimate of drug-likeness (QED) is 0.465. The van der Waals surface area contributed by atoms with E-state index in [9.17, 15) is 4.79 Å². The number of aromatic nitrogens is 1. The second-order valence-electron chi connectivity index (χ2n) is 5.81. The molecule has 2 heterocycles. The molecule has 2 aromatic rings. The molecule has 9 heteroatoms. The minimum absolute atomic E-state index is 0.190. The number of nitrogens with zero attached hydrogens (tertiary/aromatic N) is 1. The molecule has 134 valence electrons. The minimum atomic E-state index is -0.450. The Bertz CT molecular complexity index is 712. The Morgan fingerprint density at radius 3 is 3.04 bits per heavy atom. The molecule has 1 saturated heterocycles. The molecule has 0 unspecified atom stereocenters. The molecule has 4 N–H and O–H groups in total. The third kappa shape index (κ3) is 5.00. The number of amides is 1. The largest absolute Gasteiger partial charge is 0.376 e.